The van der Waals surface area contributed by atoms with Gasteiger partial charge in [0.1, 0.15) is 41.1 Å². The highest BCUT2D eigenvalue weighted by Gasteiger charge is 2.29. The highest BCUT2D eigenvalue weighted by molar-refractivity contribution is 6.19. The number of aliphatic hydroxyl groups excluding tert-OH is 1. The number of imidazole rings is 1. The molecule has 162 valence electrons. The molecule has 3 aliphatic rings. The zero-order valence-corrected chi connectivity index (χ0v) is 17.8. The van der Waals surface area contributed by atoms with E-state index in [1.807, 2.05) is 18.2 Å². The number of ether oxygens (including phenoxy) is 2. The number of nitrogens with zero attached hydrogens (tertiary/aromatic N) is 6. The average molecular weight is 423 g/mol. The third-order valence-corrected chi connectivity index (χ3v) is 5.78. The maximum Gasteiger partial charge on any atom is 0.161 e. The standard InChI is InChI=1S/C21H25N7O3/c1-27-6-8-28(9-7-27)16-5-4-13-21(25-16)26-20(22-13)12-10-14(30-2)17-18(19(12)31-3)24-15(11-29)23-17/h4-5,10,13,29H,6-9,11H2,1-3H3,(H,23,24). The van der Waals surface area contributed by atoms with Crippen LogP contribution in [-0.4, -0.2) is 95.9 Å². The molecule has 5 rings (SSSR count). The van der Waals surface area contributed by atoms with Crippen LogP contribution in [0.2, 0.25) is 0 Å². The first-order valence-electron chi connectivity index (χ1n) is 10.2. The van der Waals surface area contributed by atoms with Gasteiger partial charge in [0.25, 0.3) is 0 Å². The van der Waals surface area contributed by atoms with Crippen molar-refractivity contribution in [3.05, 3.63) is 29.6 Å². The van der Waals surface area contributed by atoms with Crippen molar-refractivity contribution < 1.29 is 14.6 Å². The minimum Gasteiger partial charge on any atom is -0.494 e. The van der Waals surface area contributed by atoms with E-state index in [0.29, 0.717) is 45.6 Å². The number of H-pyrrole nitrogens is 1. The number of aliphatic imine (C=N–C) groups is 3. The van der Waals surface area contributed by atoms with Crippen LogP contribution in [0.25, 0.3) is 11.0 Å². The Bertz CT molecular complexity index is 1140. The maximum atomic E-state index is 9.48. The molecule has 2 aromatic rings. The van der Waals surface area contributed by atoms with Gasteiger partial charge in [-0.1, -0.05) is 0 Å². The third kappa shape index (κ3) is 3.37. The van der Waals surface area contributed by atoms with Crippen molar-refractivity contribution in [3.8, 4) is 11.5 Å². The number of benzene rings is 1. The number of methoxy groups -OCH3 is 2. The van der Waals surface area contributed by atoms with Crippen LogP contribution in [-0.2, 0) is 6.61 Å². The lowest BCUT2D eigenvalue weighted by molar-refractivity contribution is 0.216. The summed E-state index contributed by atoms with van der Waals surface area (Å²) in [7, 11) is 5.30. The number of likely N-dealkylation sites (N-methyl/N-ethyl adjacent to an activating group) is 1. The molecule has 3 aliphatic heterocycles. The van der Waals surface area contributed by atoms with Gasteiger partial charge in [-0.3, -0.25) is 4.99 Å². The van der Waals surface area contributed by atoms with Crippen molar-refractivity contribution in [1.82, 2.24) is 19.8 Å². The SMILES string of the molecule is COc1cc(C2=NC3C=CC(N4CCN(C)CC4)=NC3=N2)c(OC)c2[nH]c(CO)nc12. The van der Waals surface area contributed by atoms with Gasteiger partial charge in [0.2, 0.25) is 0 Å². The molecule has 1 aromatic carbocycles. The van der Waals surface area contributed by atoms with Gasteiger partial charge in [-0.15, -0.1) is 0 Å². The van der Waals surface area contributed by atoms with E-state index in [4.69, 9.17) is 24.5 Å². The Morgan fingerprint density at radius 2 is 1.97 bits per heavy atom. The highest BCUT2D eigenvalue weighted by atomic mass is 16.5. The second-order valence-corrected chi connectivity index (χ2v) is 7.71. The summed E-state index contributed by atoms with van der Waals surface area (Å²) in [5, 5.41) is 9.48. The van der Waals surface area contributed by atoms with E-state index < -0.39 is 0 Å². The second kappa shape index (κ2) is 7.78. The molecule has 31 heavy (non-hydrogen) atoms. The van der Waals surface area contributed by atoms with Crippen molar-refractivity contribution in [2.45, 2.75) is 12.6 Å². The number of amidine groups is 3. The largest absolute Gasteiger partial charge is 0.494 e. The predicted octanol–water partition coefficient (Wildman–Crippen LogP) is 0.815. The Morgan fingerprint density at radius 1 is 1.16 bits per heavy atom. The van der Waals surface area contributed by atoms with E-state index in [0.717, 1.165) is 32.0 Å². The monoisotopic (exact) mass is 423 g/mol. The Labute approximate surface area is 179 Å². The summed E-state index contributed by atoms with van der Waals surface area (Å²) in [6.07, 6.45) is 4.07. The molecule has 10 nitrogen and oxygen atoms in total. The number of nitrogens with one attached hydrogen (secondary N) is 1. The summed E-state index contributed by atoms with van der Waals surface area (Å²) in [6.45, 7) is 3.71. The van der Waals surface area contributed by atoms with Gasteiger partial charge >= 0.3 is 0 Å². The van der Waals surface area contributed by atoms with E-state index >= 15 is 0 Å². The van der Waals surface area contributed by atoms with Crippen LogP contribution in [0.4, 0.5) is 0 Å². The molecule has 0 radical (unpaired) electrons. The Kier molecular flexibility index (Phi) is 4.95. The van der Waals surface area contributed by atoms with Gasteiger partial charge in [0, 0.05) is 26.2 Å². The molecule has 0 saturated carbocycles. The molecule has 1 fully saturated rings. The number of aromatic amines is 1. The van der Waals surface area contributed by atoms with Crippen molar-refractivity contribution in [2.24, 2.45) is 15.0 Å². The minimum atomic E-state index is -0.215. The van der Waals surface area contributed by atoms with Gasteiger partial charge in [-0.25, -0.2) is 15.0 Å². The molecule has 1 atom stereocenters. The van der Waals surface area contributed by atoms with E-state index in [1.165, 1.54) is 0 Å². The fourth-order valence-corrected chi connectivity index (χ4v) is 4.06. The summed E-state index contributed by atoms with van der Waals surface area (Å²) >= 11 is 0. The fourth-order valence-electron chi connectivity index (χ4n) is 4.06. The lowest BCUT2D eigenvalue weighted by atomic mass is 10.1. The summed E-state index contributed by atoms with van der Waals surface area (Å²) in [6, 6.07) is 1.60. The average Bonchev–Trinajstić information content (AvgIpc) is 3.42. The first kappa shape index (κ1) is 19.7. The smallest absolute Gasteiger partial charge is 0.161 e. The highest BCUT2D eigenvalue weighted by Crippen LogP contribution is 2.37. The van der Waals surface area contributed by atoms with Crippen LogP contribution in [0.1, 0.15) is 11.4 Å². The normalized spacial score (nSPS) is 21.1. The van der Waals surface area contributed by atoms with Gasteiger partial charge in [0.05, 0.1) is 19.8 Å². The van der Waals surface area contributed by atoms with Crippen molar-refractivity contribution in [2.75, 3.05) is 47.4 Å². The Morgan fingerprint density at radius 3 is 2.68 bits per heavy atom. The second-order valence-electron chi connectivity index (χ2n) is 7.71. The zero-order chi connectivity index (χ0) is 21.5. The van der Waals surface area contributed by atoms with Gasteiger partial charge in [-0.2, -0.15) is 0 Å². The molecular weight excluding hydrogens is 398 g/mol. The van der Waals surface area contributed by atoms with Crippen molar-refractivity contribution >= 4 is 28.5 Å². The summed E-state index contributed by atoms with van der Waals surface area (Å²) in [4.78, 5) is 26.4. The molecule has 0 spiro atoms. The molecule has 0 aliphatic carbocycles. The number of aromatic nitrogens is 2. The first-order valence-corrected chi connectivity index (χ1v) is 10.2. The summed E-state index contributed by atoms with van der Waals surface area (Å²) in [5.41, 5.74) is 1.91. The predicted molar refractivity (Wildman–Crippen MR) is 119 cm³/mol. The molecule has 1 saturated heterocycles. The molecule has 0 amide bonds. The molecule has 10 heteroatoms. The van der Waals surface area contributed by atoms with Crippen LogP contribution in [0.15, 0.2) is 33.2 Å². The Hall–Kier alpha value is -3.24. The molecule has 4 heterocycles. The van der Waals surface area contributed by atoms with Crippen LogP contribution in [0.5, 0.6) is 11.5 Å². The van der Waals surface area contributed by atoms with E-state index in [9.17, 15) is 5.11 Å². The van der Waals surface area contributed by atoms with Crippen LogP contribution < -0.4 is 9.47 Å². The number of piperazine rings is 1. The van der Waals surface area contributed by atoms with Gasteiger partial charge in [-0.05, 0) is 25.3 Å². The third-order valence-electron chi connectivity index (χ3n) is 5.78. The van der Waals surface area contributed by atoms with Gasteiger partial charge < -0.3 is 29.4 Å². The number of rotatable bonds is 4. The molecule has 0 bridgehead atoms. The molecule has 1 unspecified atom stereocenters. The number of dihydropyridines is 1. The topological polar surface area (TPSA) is 111 Å². The number of aliphatic hydroxyl groups is 1. The zero-order valence-electron chi connectivity index (χ0n) is 17.8. The molecule has 2 N–H and O–H groups in total. The van der Waals surface area contributed by atoms with Crippen LogP contribution >= 0.6 is 0 Å². The molecular formula is C21H25N7O3. The summed E-state index contributed by atoms with van der Waals surface area (Å²) in [5.74, 6) is 3.68. The summed E-state index contributed by atoms with van der Waals surface area (Å²) < 4.78 is 11.2. The van der Waals surface area contributed by atoms with Gasteiger partial charge in [0.15, 0.2) is 17.4 Å². The number of hydrogen-bond donors (Lipinski definition) is 2. The number of hydrogen-bond acceptors (Lipinski definition) is 9. The van der Waals surface area contributed by atoms with Crippen LogP contribution in [0, 0.1) is 0 Å². The molecule has 1 aromatic heterocycles. The van der Waals surface area contributed by atoms with E-state index in [-0.39, 0.29) is 12.6 Å². The van der Waals surface area contributed by atoms with Crippen molar-refractivity contribution in [3.63, 3.8) is 0 Å². The quantitative estimate of drug-likeness (QED) is 0.753. The fraction of sp³-hybridized carbons (Fsp3) is 0.429. The Balaban J connectivity index is 1.52. The number of fused-ring (bicyclic) bond motifs is 2. The van der Waals surface area contributed by atoms with Crippen molar-refractivity contribution in [1.29, 1.82) is 0 Å². The minimum absolute atomic E-state index is 0.212. The maximum absolute atomic E-state index is 9.48. The first-order chi connectivity index (χ1) is 15.1. The van der Waals surface area contributed by atoms with E-state index in [2.05, 4.69) is 26.8 Å². The lowest BCUT2D eigenvalue weighted by Gasteiger charge is -2.34. The lowest BCUT2D eigenvalue weighted by Crippen LogP contribution is -2.47. The van der Waals surface area contributed by atoms with Crippen LogP contribution in [0.3, 0.4) is 0 Å². The van der Waals surface area contributed by atoms with E-state index in [1.54, 1.807) is 14.2 Å².